The van der Waals surface area contributed by atoms with Gasteiger partial charge in [0.2, 0.25) is 0 Å². The summed E-state index contributed by atoms with van der Waals surface area (Å²) in [6, 6.07) is 1.39. The van der Waals surface area contributed by atoms with Crippen LogP contribution in [-0.4, -0.2) is 19.4 Å². The van der Waals surface area contributed by atoms with E-state index < -0.39 is 0 Å². The largest absolute Gasteiger partial charge is 0.313 e. The summed E-state index contributed by atoms with van der Waals surface area (Å²) in [6.07, 6.45) is 0. The zero-order valence-corrected chi connectivity index (χ0v) is 10.5. The van der Waals surface area contributed by atoms with Crippen molar-refractivity contribution in [2.75, 3.05) is 13.6 Å². The van der Waals surface area contributed by atoms with Crippen molar-refractivity contribution in [3.63, 3.8) is 0 Å². The minimum atomic E-state index is -0.355. The van der Waals surface area contributed by atoms with Crippen LogP contribution in [0.1, 0.15) is 21.5 Å². The number of rotatable bonds is 3. The summed E-state index contributed by atoms with van der Waals surface area (Å²) in [4.78, 5) is 11.7. The Bertz CT molecular complexity index is 378. The number of carbonyl (C=O) groups is 1. The first-order valence-electron chi connectivity index (χ1n) is 4.62. The number of benzene rings is 1. The summed E-state index contributed by atoms with van der Waals surface area (Å²) in [5, 5.41) is 2.77. The van der Waals surface area contributed by atoms with Crippen molar-refractivity contribution in [3.05, 3.63) is 33.0 Å². The minimum Gasteiger partial charge on any atom is -0.313 e. The number of Topliss-reactive ketones (excluding diaryl/α,β-unsaturated/α-hetero) is 1. The lowest BCUT2D eigenvalue weighted by Gasteiger charge is -2.11. The molecule has 0 aromatic heterocycles. The molecule has 0 fully saturated rings. The van der Waals surface area contributed by atoms with Crippen LogP contribution in [-0.2, 0) is 0 Å². The number of likely N-dealkylation sites (N-methyl/N-ethyl adjacent to an activating group) is 1. The van der Waals surface area contributed by atoms with Crippen molar-refractivity contribution in [3.8, 4) is 0 Å². The maximum Gasteiger partial charge on any atom is 0.177 e. The van der Waals surface area contributed by atoms with E-state index in [-0.39, 0.29) is 18.1 Å². The Morgan fingerprint density at radius 1 is 1.47 bits per heavy atom. The minimum absolute atomic E-state index is 0.0901. The molecule has 0 amide bonds. The van der Waals surface area contributed by atoms with E-state index in [2.05, 4.69) is 21.2 Å². The zero-order valence-electron chi connectivity index (χ0n) is 8.95. The number of ketones is 1. The van der Waals surface area contributed by atoms with Gasteiger partial charge in [-0.1, -0.05) is 15.9 Å². The summed E-state index contributed by atoms with van der Waals surface area (Å²) >= 11 is 3.24. The normalized spacial score (nSPS) is 10.5. The average molecular weight is 274 g/mol. The van der Waals surface area contributed by atoms with Gasteiger partial charge < -0.3 is 5.32 Å². The predicted molar refractivity (Wildman–Crippen MR) is 61.8 cm³/mol. The molecule has 0 aliphatic carbocycles. The van der Waals surface area contributed by atoms with Gasteiger partial charge in [-0.3, -0.25) is 4.79 Å². The maximum atomic E-state index is 13.4. The van der Waals surface area contributed by atoms with Gasteiger partial charge in [0.25, 0.3) is 0 Å². The summed E-state index contributed by atoms with van der Waals surface area (Å²) in [5.74, 6) is -0.445. The fourth-order valence-corrected chi connectivity index (χ4v) is 1.91. The van der Waals surface area contributed by atoms with Gasteiger partial charge in [0, 0.05) is 10.0 Å². The van der Waals surface area contributed by atoms with Crippen LogP contribution in [0.3, 0.4) is 0 Å². The highest BCUT2D eigenvalue weighted by atomic mass is 79.9. The fraction of sp³-hybridized carbons (Fsp3) is 0.364. The molecule has 0 aliphatic rings. The van der Waals surface area contributed by atoms with Gasteiger partial charge in [-0.2, -0.15) is 0 Å². The van der Waals surface area contributed by atoms with E-state index in [4.69, 9.17) is 0 Å². The van der Waals surface area contributed by atoms with Gasteiger partial charge in [0.1, 0.15) is 5.82 Å². The molecule has 1 aromatic rings. The third-order valence-electron chi connectivity index (χ3n) is 2.34. The Morgan fingerprint density at radius 2 is 2.07 bits per heavy atom. The van der Waals surface area contributed by atoms with E-state index in [1.54, 1.807) is 20.9 Å². The molecule has 1 rings (SSSR count). The van der Waals surface area contributed by atoms with Gasteiger partial charge >= 0.3 is 0 Å². The summed E-state index contributed by atoms with van der Waals surface area (Å²) in [7, 11) is 1.69. The third kappa shape index (κ3) is 2.44. The van der Waals surface area contributed by atoms with E-state index in [9.17, 15) is 9.18 Å². The SMILES string of the molecule is CNCC(=O)c1c(C)c(F)cc(Br)c1C. The van der Waals surface area contributed by atoms with Crippen molar-refractivity contribution < 1.29 is 9.18 Å². The van der Waals surface area contributed by atoms with Gasteiger partial charge in [0.05, 0.1) is 6.54 Å². The smallest absolute Gasteiger partial charge is 0.177 e. The topological polar surface area (TPSA) is 29.1 Å². The van der Waals surface area contributed by atoms with Crippen LogP contribution in [0.4, 0.5) is 4.39 Å². The Morgan fingerprint density at radius 3 is 2.60 bits per heavy atom. The first-order valence-corrected chi connectivity index (χ1v) is 5.41. The van der Waals surface area contributed by atoms with Crippen molar-refractivity contribution in [2.24, 2.45) is 0 Å². The van der Waals surface area contributed by atoms with Crippen molar-refractivity contribution in [2.45, 2.75) is 13.8 Å². The van der Waals surface area contributed by atoms with Crippen LogP contribution in [0, 0.1) is 19.7 Å². The van der Waals surface area contributed by atoms with Crippen LogP contribution >= 0.6 is 15.9 Å². The van der Waals surface area contributed by atoms with Gasteiger partial charge in [-0.25, -0.2) is 4.39 Å². The summed E-state index contributed by atoms with van der Waals surface area (Å²) < 4.78 is 14.0. The molecule has 0 saturated heterocycles. The first kappa shape index (κ1) is 12.3. The molecule has 0 atom stereocenters. The highest BCUT2D eigenvalue weighted by Gasteiger charge is 2.16. The number of carbonyl (C=O) groups excluding carboxylic acids is 1. The molecule has 15 heavy (non-hydrogen) atoms. The van der Waals surface area contributed by atoms with Crippen molar-refractivity contribution in [1.29, 1.82) is 0 Å². The molecule has 0 bridgehead atoms. The van der Waals surface area contributed by atoms with E-state index in [1.165, 1.54) is 6.07 Å². The molecule has 0 saturated carbocycles. The molecular formula is C11H13BrFNO. The zero-order chi connectivity index (χ0) is 11.6. The lowest BCUT2D eigenvalue weighted by Crippen LogP contribution is -2.21. The number of nitrogens with one attached hydrogen (secondary N) is 1. The number of halogens is 2. The predicted octanol–water partition coefficient (Wildman–Crippen LogP) is 2.61. The van der Waals surface area contributed by atoms with E-state index in [0.717, 1.165) is 5.56 Å². The monoisotopic (exact) mass is 273 g/mol. The summed E-state index contributed by atoms with van der Waals surface area (Å²) in [6.45, 7) is 3.65. The van der Waals surface area contributed by atoms with Crippen LogP contribution in [0.25, 0.3) is 0 Å². The van der Waals surface area contributed by atoms with Crippen LogP contribution in [0.2, 0.25) is 0 Å². The van der Waals surface area contributed by atoms with Crippen LogP contribution in [0.15, 0.2) is 10.5 Å². The van der Waals surface area contributed by atoms with Gasteiger partial charge in [-0.15, -0.1) is 0 Å². The molecule has 82 valence electrons. The molecule has 1 N–H and O–H groups in total. The first-order chi connectivity index (χ1) is 6.99. The quantitative estimate of drug-likeness (QED) is 0.858. The molecule has 0 spiro atoms. The van der Waals surface area contributed by atoms with Gasteiger partial charge in [0.15, 0.2) is 5.78 Å². The maximum absolute atomic E-state index is 13.4. The second-order valence-corrected chi connectivity index (χ2v) is 4.27. The second-order valence-electron chi connectivity index (χ2n) is 3.42. The Balaban J connectivity index is 3.32. The molecule has 0 radical (unpaired) electrons. The second kappa shape index (κ2) is 4.86. The molecule has 2 nitrogen and oxygen atoms in total. The highest BCUT2D eigenvalue weighted by Crippen LogP contribution is 2.25. The lowest BCUT2D eigenvalue weighted by atomic mass is 9.98. The van der Waals surface area contributed by atoms with E-state index >= 15 is 0 Å². The Labute approximate surface area is 97.0 Å². The Kier molecular flexibility index (Phi) is 3.99. The third-order valence-corrected chi connectivity index (χ3v) is 3.16. The number of hydrogen-bond donors (Lipinski definition) is 1. The van der Waals surface area contributed by atoms with Crippen molar-refractivity contribution >= 4 is 21.7 Å². The molecule has 0 unspecified atom stereocenters. The molecule has 0 aliphatic heterocycles. The van der Waals surface area contributed by atoms with E-state index in [0.29, 0.717) is 15.6 Å². The average Bonchev–Trinajstić information content (AvgIpc) is 2.16. The molecule has 0 heterocycles. The lowest BCUT2D eigenvalue weighted by molar-refractivity contribution is 0.0992. The van der Waals surface area contributed by atoms with Crippen LogP contribution < -0.4 is 5.32 Å². The Hall–Kier alpha value is -0.740. The number of hydrogen-bond acceptors (Lipinski definition) is 2. The molecular weight excluding hydrogens is 261 g/mol. The highest BCUT2D eigenvalue weighted by molar-refractivity contribution is 9.10. The van der Waals surface area contributed by atoms with Crippen LogP contribution in [0.5, 0.6) is 0 Å². The van der Waals surface area contributed by atoms with Gasteiger partial charge in [-0.05, 0) is 38.1 Å². The van der Waals surface area contributed by atoms with E-state index in [1.807, 2.05) is 0 Å². The fourth-order valence-electron chi connectivity index (χ4n) is 1.52. The molecule has 1 aromatic carbocycles. The van der Waals surface area contributed by atoms with Crippen molar-refractivity contribution in [1.82, 2.24) is 5.32 Å². The standard InChI is InChI=1S/C11H13BrFNO/c1-6-8(12)4-9(13)7(2)11(6)10(15)5-14-3/h4,14H,5H2,1-3H3. The molecule has 4 heteroatoms. The summed E-state index contributed by atoms with van der Waals surface area (Å²) in [5.41, 5.74) is 1.67.